The standard InChI is InChI=1S/C25H38O2.C25H40O2.C22H32O2.C17H28O3.2C10H14O/c1-3-19(2)22-9-11-23(12-10-22)27-24(25-15-13-20(17-25)14-16-25)26-18-21-7-5-4-6-8-21;1-4-19(2)21-15-17-24(18-16-21)27-25(26-23-13-9-6-10-14-23)20(3)22-11-7-5-8-12-22;1-4-15(2)19-5-7-20(8-6-19)24-21(23-3)22-12-16-9-17(13-22)11-18(10-16)14-22;1-6-14(4)15-7-9-16(10-8-15)20-17(13(2)3)19-12-11-18-5;2*1-3-8(2)9-4-6-10(11)7-5-9/h9-12,19-21,24H,3-8,13-18H2,1-2H3;15-20,22-23,25H,4-14H2,1-3H3;5-8,15-18,21H,4,9-14H2,1-3H3;7-10,13-14,17H,6,11-12H2,1-5H3;2*4-8,11H,3H2,1-2H3. The number of phenolic OH excluding ortho intramolecular Hbond substituents is 2. The number of fused-ring (bicyclic) bond motifs is 2. The lowest BCUT2D eigenvalue weighted by Crippen LogP contribution is -2.53. The van der Waals surface area contributed by atoms with E-state index in [9.17, 15) is 0 Å². The van der Waals surface area contributed by atoms with Gasteiger partial charge in [0, 0.05) is 36.9 Å². The Labute approximate surface area is 730 Å². The second-order valence-electron chi connectivity index (χ2n) is 38.8. The van der Waals surface area contributed by atoms with Gasteiger partial charge < -0.3 is 52.8 Å². The molecule has 0 aromatic heterocycles. The Balaban J connectivity index is 0.000000169. The summed E-state index contributed by atoms with van der Waals surface area (Å²) in [6.07, 6.45) is 41.8. The van der Waals surface area contributed by atoms with Crippen LogP contribution in [0.1, 0.15) is 378 Å². The van der Waals surface area contributed by atoms with Gasteiger partial charge in [-0.15, -0.1) is 0 Å². The lowest BCUT2D eigenvalue weighted by Gasteiger charge is -2.58. The zero-order valence-electron chi connectivity index (χ0n) is 78.1. The zero-order valence-corrected chi connectivity index (χ0v) is 78.1. The van der Waals surface area contributed by atoms with Crippen LogP contribution in [0.5, 0.6) is 34.5 Å². The number of aromatic hydroxyl groups is 2. The third-order valence-electron chi connectivity index (χ3n) is 29.5. The van der Waals surface area contributed by atoms with E-state index < -0.39 is 0 Å². The highest BCUT2D eigenvalue weighted by Crippen LogP contribution is 2.62. The van der Waals surface area contributed by atoms with Gasteiger partial charge in [-0.3, -0.25) is 0 Å². The van der Waals surface area contributed by atoms with Crippen LogP contribution < -0.4 is 18.9 Å². The number of rotatable bonds is 35. The van der Waals surface area contributed by atoms with E-state index in [-0.39, 0.29) is 36.0 Å². The van der Waals surface area contributed by atoms with Crippen LogP contribution in [0.25, 0.3) is 0 Å². The molecule has 6 bridgehead atoms. The molecule has 6 aromatic carbocycles. The molecule has 9 fully saturated rings. The number of hydrogen-bond donors (Lipinski definition) is 2. The van der Waals surface area contributed by atoms with Gasteiger partial charge in [-0.2, -0.15) is 0 Å². The van der Waals surface area contributed by atoms with Crippen LogP contribution in [0.3, 0.4) is 0 Å². The van der Waals surface area contributed by atoms with Crippen LogP contribution >= 0.6 is 0 Å². The molecule has 2 N–H and O–H groups in total. The van der Waals surface area contributed by atoms with Gasteiger partial charge in [-0.1, -0.05) is 234 Å². The van der Waals surface area contributed by atoms with Crippen LogP contribution in [0.15, 0.2) is 146 Å². The van der Waals surface area contributed by atoms with E-state index in [1.807, 2.05) is 43.5 Å². The summed E-state index contributed by atoms with van der Waals surface area (Å²) in [7, 11) is 3.50. The van der Waals surface area contributed by atoms with Crippen molar-refractivity contribution in [3.63, 3.8) is 0 Å². The minimum Gasteiger partial charge on any atom is -0.508 e. The smallest absolute Gasteiger partial charge is 0.205 e. The Morgan fingerprint density at radius 2 is 0.675 bits per heavy atom. The Kier molecular flexibility index (Phi) is 41.3. The molecule has 120 heavy (non-hydrogen) atoms. The SMILES string of the molecule is CCC(C)c1ccc(O)cc1.CCC(C)c1ccc(O)cc1.CCC(C)c1ccc(OC(OC)C23CC4CC(CC(C4)C2)C3)cc1.CCC(C)c1ccc(OC(OC2CCCCC2)C(C)C2CCCCC2)cc1.CCC(C)c1ccc(OC(OCC2CCCCC2)C23CCC(CC2)C3)cc1.CCC(C)c1ccc(OC(OCCOC)C(C)C)cc1. The Morgan fingerprint density at radius 3 is 1.02 bits per heavy atom. The predicted molar refractivity (Wildman–Crippen MR) is 497 cm³/mol. The fourth-order valence-corrected chi connectivity index (χ4v) is 20.5. The Bertz CT molecular complexity index is 3590. The van der Waals surface area contributed by atoms with E-state index in [2.05, 4.69) is 189 Å². The van der Waals surface area contributed by atoms with Crippen molar-refractivity contribution in [1.29, 1.82) is 0 Å². The van der Waals surface area contributed by atoms with Crippen LogP contribution in [-0.2, 0) is 23.7 Å². The molecule has 11 atom stereocenters. The maximum atomic E-state index is 9.01. The lowest BCUT2D eigenvalue weighted by atomic mass is 9.49. The van der Waals surface area contributed by atoms with Gasteiger partial charge in [0.25, 0.3) is 0 Å². The minimum atomic E-state index is -0.236. The zero-order chi connectivity index (χ0) is 86.0. The third-order valence-corrected chi connectivity index (χ3v) is 29.5. The van der Waals surface area contributed by atoms with Gasteiger partial charge in [-0.25, -0.2) is 0 Å². The molecule has 11 nitrogen and oxygen atoms in total. The Hall–Kier alpha value is -6.08. The molecule has 9 aliphatic carbocycles. The molecule has 0 amide bonds. The van der Waals surface area contributed by atoms with E-state index in [0.717, 1.165) is 84.4 Å². The topological polar surface area (TPSA) is 124 Å². The Morgan fingerprint density at radius 1 is 0.342 bits per heavy atom. The molecule has 668 valence electrons. The minimum absolute atomic E-state index is 0.0543. The van der Waals surface area contributed by atoms with Crippen molar-refractivity contribution in [2.75, 3.05) is 34.0 Å². The molecule has 11 heteroatoms. The molecule has 0 radical (unpaired) electrons. The molecule has 6 aromatic rings. The van der Waals surface area contributed by atoms with Crippen LogP contribution in [0.2, 0.25) is 0 Å². The normalized spacial score (nSPS) is 24.1. The van der Waals surface area contributed by atoms with Gasteiger partial charge in [-0.05, 0) is 325 Å². The average Bonchev–Trinajstić information content (AvgIpc) is 0.891. The molecule has 11 unspecified atom stereocenters. The van der Waals surface area contributed by atoms with E-state index in [0.29, 0.717) is 78.2 Å². The molecule has 0 spiro atoms. The van der Waals surface area contributed by atoms with Gasteiger partial charge >= 0.3 is 0 Å². The highest BCUT2D eigenvalue weighted by molar-refractivity contribution is 5.34. The molecule has 0 saturated heterocycles. The van der Waals surface area contributed by atoms with Gasteiger partial charge in [0.1, 0.15) is 34.5 Å². The summed E-state index contributed by atoms with van der Waals surface area (Å²) >= 11 is 0. The summed E-state index contributed by atoms with van der Waals surface area (Å²) in [4.78, 5) is 0. The second kappa shape index (κ2) is 50.8. The van der Waals surface area contributed by atoms with E-state index >= 15 is 0 Å². The molecule has 0 aliphatic heterocycles. The monoisotopic (exact) mass is 1650 g/mol. The quantitative estimate of drug-likeness (QED) is 0.0292. The maximum Gasteiger partial charge on any atom is 0.205 e. The number of ether oxygens (including phenoxy) is 9. The molecule has 9 saturated carbocycles. The third kappa shape index (κ3) is 30.1. The van der Waals surface area contributed by atoms with Crippen LogP contribution in [-0.4, -0.2) is 75.5 Å². The number of methoxy groups -OCH3 is 2. The van der Waals surface area contributed by atoms with Crippen molar-refractivity contribution in [2.45, 2.75) is 376 Å². The summed E-state index contributed by atoms with van der Waals surface area (Å²) in [6.45, 7) is 35.3. The summed E-state index contributed by atoms with van der Waals surface area (Å²) in [6, 6.07) is 49.4. The van der Waals surface area contributed by atoms with Gasteiger partial charge in [0.05, 0.1) is 25.9 Å². The van der Waals surface area contributed by atoms with Gasteiger partial charge in [0.15, 0.2) is 0 Å². The summed E-state index contributed by atoms with van der Waals surface area (Å²) in [5, 5.41) is 18.0. The summed E-state index contributed by atoms with van der Waals surface area (Å²) in [5.41, 5.74) is 8.68. The van der Waals surface area contributed by atoms with E-state index in [1.165, 1.54) is 220 Å². The van der Waals surface area contributed by atoms with Crippen LogP contribution in [0.4, 0.5) is 0 Å². The highest BCUT2D eigenvalue weighted by atomic mass is 16.7. The first-order valence-electron chi connectivity index (χ1n) is 48.6. The number of phenols is 2. The summed E-state index contributed by atoms with van der Waals surface area (Å²) in [5.74, 6) is 14.0. The maximum absolute atomic E-state index is 9.01. The molecule has 15 rings (SSSR count). The van der Waals surface area contributed by atoms with Crippen molar-refractivity contribution in [3.05, 3.63) is 179 Å². The van der Waals surface area contributed by atoms with Crippen molar-refractivity contribution < 1.29 is 52.8 Å². The van der Waals surface area contributed by atoms with Crippen LogP contribution in [0, 0.1) is 58.2 Å². The second-order valence-corrected chi connectivity index (χ2v) is 38.8. The first-order chi connectivity index (χ1) is 58.0. The van der Waals surface area contributed by atoms with Crippen molar-refractivity contribution >= 4 is 0 Å². The van der Waals surface area contributed by atoms with E-state index in [1.54, 1.807) is 31.4 Å². The fourth-order valence-electron chi connectivity index (χ4n) is 20.5. The predicted octanol–water partition coefficient (Wildman–Crippen LogP) is 30.4. The molecule has 0 heterocycles. The van der Waals surface area contributed by atoms with Gasteiger partial charge in [0.2, 0.25) is 25.2 Å². The average molecular weight is 1650 g/mol. The first-order valence-corrected chi connectivity index (χ1v) is 48.6. The molecular weight excluding hydrogens is 1490 g/mol. The highest BCUT2D eigenvalue weighted by Gasteiger charge is 2.56. The lowest BCUT2D eigenvalue weighted by molar-refractivity contribution is -0.204. The fraction of sp³-hybridized carbons (Fsp3) is 0.670. The number of benzene rings is 6. The van der Waals surface area contributed by atoms with Crippen molar-refractivity contribution in [3.8, 4) is 34.5 Å². The van der Waals surface area contributed by atoms with Crippen molar-refractivity contribution in [1.82, 2.24) is 0 Å². The first kappa shape index (κ1) is 97.7. The molecule has 9 aliphatic rings. The number of hydrogen-bond acceptors (Lipinski definition) is 11. The molecular formula is C109H166O11. The summed E-state index contributed by atoms with van der Waals surface area (Å²) < 4.78 is 55.1. The largest absolute Gasteiger partial charge is 0.508 e. The van der Waals surface area contributed by atoms with Crippen molar-refractivity contribution in [2.24, 2.45) is 58.2 Å². The van der Waals surface area contributed by atoms with E-state index in [4.69, 9.17) is 52.8 Å².